The minimum atomic E-state index is -4.44. The molecular weight excluding hydrogens is 514 g/mol. The van der Waals surface area contributed by atoms with Gasteiger partial charge in [0.25, 0.3) is 26.0 Å². The molecule has 2 N–H and O–H groups in total. The lowest BCUT2D eigenvalue weighted by atomic mass is 10.1. The van der Waals surface area contributed by atoms with E-state index in [4.69, 9.17) is 4.74 Å². The molecule has 192 valence electrons. The van der Waals surface area contributed by atoms with E-state index < -0.39 is 57.1 Å². The Morgan fingerprint density at radius 3 is 2.56 bits per heavy atom. The second kappa shape index (κ2) is 12.0. The van der Waals surface area contributed by atoms with Crippen molar-refractivity contribution in [2.24, 2.45) is 0 Å². The summed E-state index contributed by atoms with van der Waals surface area (Å²) in [5.41, 5.74) is 0.301. The molecule has 2 rings (SSSR count). The lowest BCUT2D eigenvalue weighted by Crippen LogP contribution is -2.43. The zero-order valence-electron chi connectivity index (χ0n) is 18.9. The summed E-state index contributed by atoms with van der Waals surface area (Å²) in [6.45, 7) is 2.46. The molecule has 0 spiro atoms. The predicted octanol–water partition coefficient (Wildman–Crippen LogP) is -0.649. The van der Waals surface area contributed by atoms with Crippen molar-refractivity contribution in [1.82, 2.24) is 14.3 Å². The number of sulfonamides is 2. The number of likely N-dealkylation sites (N-methyl/N-ethyl adjacent to an activating group) is 1. The highest BCUT2D eigenvalue weighted by atomic mass is 32.3. The summed E-state index contributed by atoms with van der Waals surface area (Å²) in [6.07, 6.45) is 0.465. The van der Waals surface area contributed by atoms with Crippen molar-refractivity contribution >= 4 is 49.2 Å². The Kier molecular flexibility index (Phi) is 9.96. The molecule has 0 unspecified atom stereocenters. The van der Waals surface area contributed by atoms with Gasteiger partial charge in [-0.25, -0.2) is 26.4 Å². The van der Waals surface area contributed by atoms with Gasteiger partial charge >= 0.3 is 11.9 Å². The third-order valence-corrected chi connectivity index (χ3v) is 9.91. The van der Waals surface area contributed by atoms with Crippen LogP contribution in [0.2, 0.25) is 0 Å². The summed E-state index contributed by atoms with van der Waals surface area (Å²) in [5, 5.41) is 3.15. The first kappa shape index (κ1) is 28.1. The van der Waals surface area contributed by atoms with Crippen molar-refractivity contribution in [2.45, 2.75) is 34.7 Å². The number of esters is 2. The lowest BCUT2D eigenvalue weighted by molar-refractivity contribution is -0.159. The van der Waals surface area contributed by atoms with Crippen molar-refractivity contribution in [2.75, 3.05) is 46.6 Å². The molecule has 1 aromatic rings. The molecule has 1 amide bonds. The van der Waals surface area contributed by atoms with Crippen LogP contribution in [0.5, 0.6) is 0 Å². The zero-order chi connectivity index (χ0) is 25.5. The van der Waals surface area contributed by atoms with E-state index in [2.05, 4.69) is 14.8 Å². The van der Waals surface area contributed by atoms with E-state index in [1.165, 1.54) is 17.5 Å². The third-order valence-electron chi connectivity index (χ3n) is 4.52. The van der Waals surface area contributed by atoms with E-state index >= 15 is 0 Å². The van der Waals surface area contributed by atoms with Crippen molar-refractivity contribution < 1.29 is 45.4 Å². The number of thiophene rings is 1. The maximum absolute atomic E-state index is 13.1. The Morgan fingerprint density at radius 1 is 1.24 bits per heavy atom. The first-order valence-electron chi connectivity index (χ1n) is 10.1. The van der Waals surface area contributed by atoms with Crippen LogP contribution in [0.15, 0.2) is 14.5 Å². The van der Waals surface area contributed by atoms with E-state index in [1.807, 2.05) is 6.92 Å². The van der Waals surface area contributed by atoms with Gasteiger partial charge in [0, 0.05) is 45.3 Å². The number of ether oxygens (including phenoxy) is 3. The summed E-state index contributed by atoms with van der Waals surface area (Å²) in [6, 6.07) is 0.781. The largest absolute Gasteiger partial charge is 0.454 e. The van der Waals surface area contributed by atoms with E-state index in [1.54, 1.807) is 4.72 Å². The fourth-order valence-electron chi connectivity index (χ4n) is 3.06. The average molecular weight is 542 g/mol. The first-order chi connectivity index (χ1) is 15.9. The van der Waals surface area contributed by atoms with Gasteiger partial charge in [-0.2, -0.15) is 4.31 Å². The minimum Gasteiger partial charge on any atom is -0.454 e. The Morgan fingerprint density at radius 2 is 1.94 bits per heavy atom. The molecule has 13 nitrogen and oxygen atoms in total. The van der Waals surface area contributed by atoms with Gasteiger partial charge in [-0.15, -0.1) is 11.3 Å². The molecular formula is C18H27N3O10S3. The van der Waals surface area contributed by atoms with Crippen LogP contribution in [-0.2, 0) is 48.6 Å². The molecule has 0 saturated heterocycles. The normalized spacial score (nSPS) is 17.6. The number of amides is 1. The van der Waals surface area contributed by atoms with Gasteiger partial charge in [0.05, 0.1) is 0 Å². The van der Waals surface area contributed by atoms with Crippen LogP contribution in [0.25, 0.3) is 0 Å². The van der Waals surface area contributed by atoms with E-state index in [9.17, 15) is 31.2 Å². The standard InChI is InChI=1S/C18H27N3O10S3/c1-4-19-14-9-21(6-5-7-29-3)34(27,28)18-13(14)8-17(32-18)33(25,26)20-15(23)10-31-16(24)11-30-12(2)22/h8,14,19H,4-7,9-11H2,1-3H3,(H,20,23)/t14-/m0/s1. The fourth-order valence-corrected chi connectivity index (χ4v) is 7.91. The monoisotopic (exact) mass is 541 g/mol. The Bertz CT molecular complexity index is 1110. The third kappa shape index (κ3) is 7.19. The summed E-state index contributed by atoms with van der Waals surface area (Å²) in [4.78, 5) is 34.1. The molecule has 16 heteroatoms. The van der Waals surface area contributed by atoms with E-state index in [0.717, 1.165) is 6.92 Å². The van der Waals surface area contributed by atoms with E-state index in [0.29, 0.717) is 36.5 Å². The molecule has 0 radical (unpaired) electrons. The molecule has 0 aliphatic carbocycles. The van der Waals surface area contributed by atoms with Crippen LogP contribution in [0.1, 0.15) is 31.9 Å². The average Bonchev–Trinajstić information content (AvgIpc) is 3.22. The Balaban J connectivity index is 2.19. The Labute approximate surface area is 201 Å². The summed E-state index contributed by atoms with van der Waals surface area (Å²) < 4.78 is 68.1. The SMILES string of the molecule is CCN[C@H]1CN(CCCOC)S(=O)(=O)c2sc(S(=O)(=O)NC(=O)COC(=O)COC(C)=O)cc21. The van der Waals surface area contributed by atoms with Gasteiger partial charge in [-0.3, -0.25) is 9.59 Å². The number of hydrogen-bond donors (Lipinski definition) is 2. The van der Waals surface area contributed by atoms with Gasteiger partial charge in [0.15, 0.2) is 13.2 Å². The first-order valence-corrected chi connectivity index (χ1v) is 13.9. The fraction of sp³-hybridized carbons (Fsp3) is 0.611. The second-order valence-electron chi connectivity index (χ2n) is 7.10. The van der Waals surface area contributed by atoms with Crippen LogP contribution < -0.4 is 10.0 Å². The van der Waals surface area contributed by atoms with Crippen molar-refractivity contribution in [1.29, 1.82) is 0 Å². The topological polar surface area (TPSA) is 174 Å². The Hall–Kier alpha value is -2.11. The molecule has 0 aromatic carbocycles. The molecule has 34 heavy (non-hydrogen) atoms. The van der Waals surface area contributed by atoms with Crippen molar-refractivity contribution in [3.8, 4) is 0 Å². The number of nitrogens with zero attached hydrogens (tertiary/aromatic N) is 1. The van der Waals surface area contributed by atoms with E-state index in [-0.39, 0.29) is 21.5 Å². The second-order valence-corrected chi connectivity index (χ2v) is 12.2. The molecule has 0 bridgehead atoms. The lowest BCUT2D eigenvalue weighted by Gasteiger charge is -2.32. The number of carbonyl (C=O) groups excluding carboxylic acids is 3. The summed E-state index contributed by atoms with van der Waals surface area (Å²) in [5.74, 6) is -2.92. The summed E-state index contributed by atoms with van der Waals surface area (Å²) >= 11 is 0.531. The number of rotatable bonds is 12. The number of nitrogens with one attached hydrogen (secondary N) is 2. The molecule has 2 heterocycles. The molecule has 1 atom stereocenters. The number of carbonyl (C=O) groups is 3. The smallest absolute Gasteiger partial charge is 0.344 e. The molecule has 0 saturated carbocycles. The molecule has 0 fully saturated rings. The maximum Gasteiger partial charge on any atom is 0.344 e. The van der Waals surface area contributed by atoms with Gasteiger partial charge in [0.2, 0.25) is 0 Å². The van der Waals surface area contributed by atoms with Crippen molar-refractivity contribution in [3.05, 3.63) is 11.6 Å². The van der Waals surface area contributed by atoms with Gasteiger partial charge in [-0.05, 0) is 19.0 Å². The number of fused-ring (bicyclic) bond motifs is 1. The number of methoxy groups -OCH3 is 1. The van der Waals surface area contributed by atoms with Gasteiger partial charge in [-0.1, -0.05) is 6.92 Å². The molecule has 1 aliphatic rings. The minimum absolute atomic E-state index is 0.119. The maximum atomic E-state index is 13.1. The highest BCUT2D eigenvalue weighted by Gasteiger charge is 2.40. The van der Waals surface area contributed by atoms with Crippen LogP contribution >= 0.6 is 11.3 Å². The van der Waals surface area contributed by atoms with Crippen molar-refractivity contribution in [3.63, 3.8) is 0 Å². The predicted molar refractivity (Wildman–Crippen MR) is 119 cm³/mol. The quantitative estimate of drug-likeness (QED) is 0.254. The number of hydrogen-bond acceptors (Lipinski definition) is 12. The highest BCUT2D eigenvalue weighted by molar-refractivity contribution is 7.94. The summed E-state index contributed by atoms with van der Waals surface area (Å²) in [7, 11) is -6.88. The zero-order valence-corrected chi connectivity index (χ0v) is 21.3. The van der Waals surface area contributed by atoms with Crippen LogP contribution in [0.3, 0.4) is 0 Å². The van der Waals surface area contributed by atoms with Crippen LogP contribution in [0, 0.1) is 0 Å². The van der Waals surface area contributed by atoms with Crippen LogP contribution in [0.4, 0.5) is 0 Å². The van der Waals surface area contributed by atoms with Crippen LogP contribution in [-0.4, -0.2) is 85.6 Å². The van der Waals surface area contributed by atoms with Gasteiger partial charge < -0.3 is 19.5 Å². The molecule has 1 aromatic heterocycles. The molecule has 1 aliphatic heterocycles. The van der Waals surface area contributed by atoms with Gasteiger partial charge in [0.1, 0.15) is 8.42 Å². The highest BCUT2D eigenvalue weighted by Crippen LogP contribution is 2.40.